The fraction of sp³-hybridized carbons (Fsp3) is 0.111. The predicted molar refractivity (Wildman–Crippen MR) is 81.2 cm³/mol. The van der Waals surface area contributed by atoms with Crippen LogP contribution in [0.5, 0.6) is 0 Å². The largest absolute Gasteiger partial charge is 0.287 e. The third kappa shape index (κ3) is 2.32. The Morgan fingerprint density at radius 3 is 2.45 bits per heavy atom. The minimum Gasteiger partial charge on any atom is -0.287 e. The first-order chi connectivity index (χ1) is 9.75. The molecule has 3 rings (SSSR count). The molecule has 0 N–H and O–H groups in total. The summed E-state index contributed by atoms with van der Waals surface area (Å²) in [6.45, 7) is 3.83. The van der Waals surface area contributed by atoms with Crippen LogP contribution in [0.3, 0.4) is 0 Å². The minimum absolute atomic E-state index is 0.109. The van der Waals surface area contributed by atoms with Crippen molar-refractivity contribution >= 4 is 11.5 Å². The first-order valence-corrected chi connectivity index (χ1v) is 6.70. The van der Waals surface area contributed by atoms with Gasteiger partial charge in [-0.25, -0.2) is 4.99 Å². The Morgan fingerprint density at radius 2 is 1.65 bits per heavy atom. The number of fused-ring (bicyclic) bond motifs is 1. The minimum atomic E-state index is -0.109. The summed E-state index contributed by atoms with van der Waals surface area (Å²) in [7, 11) is 0. The normalized spacial score (nSPS) is 15.1. The average Bonchev–Trinajstić information content (AvgIpc) is 2.91. The van der Waals surface area contributed by atoms with Gasteiger partial charge in [0.1, 0.15) is 5.70 Å². The molecule has 0 radical (unpaired) electrons. The molecule has 2 heteroatoms. The molecule has 0 spiro atoms. The fourth-order valence-electron chi connectivity index (χ4n) is 2.49. The van der Waals surface area contributed by atoms with Crippen LogP contribution in [0.25, 0.3) is 0 Å². The summed E-state index contributed by atoms with van der Waals surface area (Å²) in [4.78, 5) is 16.7. The molecule has 2 nitrogen and oxygen atoms in total. The van der Waals surface area contributed by atoms with E-state index in [1.165, 1.54) is 5.56 Å². The highest BCUT2D eigenvalue weighted by molar-refractivity contribution is 6.12. The van der Waals surface area contributed by atoms with Crippen LogP contribution in [-0.4, -0.2) is 11.5 Å². The quantitative estimate of drug-likeness (QED) is 0.610. The molecule has 0 bridgehead atoms. The zero-order chi connectivity index (χ0) is 13.9. The van der Waals surface area contributed by atoms with E-state index in [9.17, 15) is 4.79 Å². The monoisotopic (exact) mass is 261 g/mol. The van der Waals surface area contributed by atoms with Gasteiger partial charge in [-0.05, 0) is 24.0 Å². The van der Waals surface area contributed by atoms with Crippen LogP contribution in [0.2, 0.25) is 0 Å². The van der Waals surface area contributed by atoms with E-state index in [2.05, 4.69) is 23.7 Å². The van der Waals surface area contributed by atoms with Crippen molar-refractivity contribution < 1.29 is 4.79 Å². The van der Waals surface area contributed by atoms with Gasteiger partial charge in [-0.15, -0.1) is 0 Å². The van der Waals surface area contributed by atoms with Crippen molar-refractivity contribution in [2.24, 2.45) is 4.99 Å². The smallest absolute Gasteiger partial charge is 0.210 e. The molecule has 20 heavy (non-hydrogen) atoms. The standard InChI is InChI=1S/C18H15NO/c1-13(18(20)15-8-3-2-4-9-15)19-17-12-11-14-7-5-6-10-16(14)17/h2-10H,1,11-12H2. The molecule has 0 amide bonds. The molecule has 0 aromatic heterocycles. The van der Waals surface area contributed by atoms with E-state index >= 15 is 0 Å². The van der Waals surface area contributed by atoms with Crippen LogP contribution < -0.4 is 0 Å². The third-order valence-corrected chi connectivity index (χ3v) is 3.53. The van der Waals surface area contributed by atoms with Gasteiger partial charge in [-0.1, -0.05) is 61.2 Å². The number of hydrogen-bond acceptors (Lipinski definition) is 2. The maximum Gasteiger partial charge on any atom is 0.210 e. The van der Waals surface area contributed by atoms with Crippen molar-refractivity contribution in [1.82, 2.24) is 0 Å². The van der Waals surface area contributed by atoms with Crippen LogP contribution >= 0.6 is 0 Å². The molecule has 0 heterocycles. The second kappa shape index (κ2) is 5.25. The van der Waals surface area contributed by atoms with Crippen molar-refractivity contribution in [3.05, 3.63) is 83.6 Å². The van der Waals surface area contributed by atoms with E-state index in [1.807, 2.05) is 30.3 Å². The SMILES string of the molecule is C=C(N=C1CCc2ccccc21)C(=O)c1ccccc1. The average molecular weight is 261 g/mol. The lowest BCUT2D eigenvalue weighted by molar-refractivity contribution is 0.103. The van der Waals surface area contributed by atoms with Crippen LogP contribution in [0.4, 0.5) is 0 Å². The number of aryl methyl sites for hydroxylation is 1. The zero-order valence-corrected chi connectivity index (χ0v) is 11.2. The predicted octanol–water partition coefficient (Wildman–Crippen LogP) is 3.82. The number of allylic oxidation sites excluding steroid dienone is 1. The van der Waals surface area contributed by atoms with Gasteiger partial charge < -0.3 is 0 Å². The molecule has 0 saturated carbocycles. The first kappa shape index (κ1) is 12.5. The van der Waals surface area contributed by atoms with E-state index in [-0.39, 0.29) is 5.78 Å². The van der Waals surface area contributed by atoms with Crippen molar-refractivity contribution in [3.8, 4) is 0 Å². The Bertz CT molecular complexity index is 698. The molecule has 98 valence electrons. The summed E-state index contributed by atoms with van der Waals surface area (Å²) in [5.41, 5.74) is 4.35. The summed E-state index contributed by atoms with van der Waals surface area (Å²) in [6.07, 6.45) is 1.86. The number of benzene rings is 2. The summed E-state index contributed by atoms with van der Waals surface area (Å²) in [6, 6.07) is 17.4. The Balaban J connectivity index is 1.87. The lowest BCUT2D eigenvalue weighted by Crippen LogP contribution is -2.03. The molecular formula is C18H15NO. The molecule has 0 saturated heterocycles. The Morgan fingerprint density at radius 1 is 0.950 bits per heavy atom. The van der Waals surface area contributed by atoms with Crippen LogP contribution in [-0.2, 0) is 6.42 Å². The summed E-state index contributed by atoms with van der Waals surface area (Å²) >= 11 is 0. The van der Waals surface area contributed by atoms with Gasteiger partial charge in [-0.2, -0.15) is 0 Å². The lowest BCUT2D eigenvalue weighted by atomic mass is 10.1. The van der Waals surface area contributed by atoms with Gasteiger partial charge in [-0.3, -0.25) is 4.79 Å². The highest BCUT2D eigenvalue weighted by Gasteiger charge is 2.18. The lowest BCUT2D eigenvalue weighted by Gasteiger charge is -2.03. The number of rotatable bonds is 3. The highest BCUT2D eigenvalue weighted by Crippen LogP contribution is 2.23. The van der Waals surface area contributed by atoms with Gasteiger partial charge >= 0.3 is 0 Å². The Labute approximate surface area is 118 Å². The van der Waals surface area contributed by atoms with Crippen molar-refractivity contribution in [1.29, 1.82) is 0 Å². The molecular weight excluding hydrogens is 246 g/mol. The number of Topliss-reactive ketones (excluding diaryl/α,β-unsaturated/α-hetero) is 1. The van der Waals surface area contributed by atoms with E-state index in [4.69, 9.17) is 0 Å². The summed E-state index contributed by atoms with van der Waals surface area (Å²) in [5, 5.41) is 0. The molecule has 1 aliphatic carbocycles. The van der Waals surface area contributed by atoms with Crippen molar-refractivity contribution in [2.75, 3.05) is 0 Å². The summed E-state index contributed by atoms with van der Waals surface area (Å²) in [5.74, 6) is -0.109. The molecule has 0 unspecified atom stereocenters. The van der Waals surface area contributed by atoms with Crippen molar-refractivity contribution in [2.45, 2.75) is 12.8 Å². The van der Waals surface area contributed by atoms with E-state index in [0.29, 0.717) is 11.3 Å². The van der Waals surface area contributed by atoms with E-state index in [1.54, 1.807) is 12.1 Å². The second-order valence-corrected chi connectivity index (χ2v) is 4.86. The van der Waals surface area contributed by atoms with Gasteiger partial charge in [0, 0.05) is 11.3 Å². The van der Waals surface area contributed by atoms with Crippen LogP contribution in [0, 0.1) is 0 Å². The molecule has 0 aliphatic heterocycles. The second-order valence-electron chi connectivity index (χ2n) is 4.86. The van der Waals surface area contributed by atoms with Crippen LogP contribution in [0.15, 0.2) is 71.9 Å². The number of carbonyl (C=O) groups excluding carboxylic acids is 1. The molecule has 0 atom stereocenters. The van der Waals surface area contributed by atoms with Gasteiger partial charge in [0.2, 0.25) is 5.78 Å². The molecule has 2 aromatic rings. The maximum absolute atomic E-state index is 12.2. The van der Waals surface area contributed by atoms with E-state index in [0.717, 1.165) is 24.1 Å². The number of ketones is 1. The molecule has 2 aromatic carbocycles. The Kier molecular flexibility index (Phi) is 3.30. The number of hydrogen-bond donors (Lipinski definition) is 0. The van der Waals surface area contributed by atoms with Gasteiger partial charge in [0.15, 0.2) is 0 Å². The number of nitrogens with zero attached hydrogens (tertiary/aromatic N) is 1. The molecule has 0 fully saturated rings. The van der Waals surface area contributed by atoms with Crippen molar-refractivity contribution in [3.63, 3.8) is 0 Å². The van der Waals surface area contributed by atoms with Gasteiger partial charge in [0.25, 0.3) is 0 Å². The number of aliphatic imine (C=N–C) groups is 1. The summed E-state index contributed by atoms with van der Waals surface area (Å²) < 4.78 is 0. The topological polar surface area (TPSA) is 29.4 Å². The first-order valence-electron chi connectivity index (χ1n) is 6.70. The molecule has 1 aliphatic rings. The Hall–Kier alpha value is -2.48. The van der Waals surface area contributed by atoms with Crippen LogP contribution in [0.1, 0.15) is 27.9 Å². The third-order valence-electron chi connectivity index (χ3n) is 3.53. The maximum atomic E-state index is 12.2. The highest BCUT2D eigenvalue weighted by atomic mass is 16.1. The number of carbonyl (C=O) groups is 1. The van der Waals surface area contributed by atoms with Gasteiger partial charge in [0.05, 0.1) is 0 Å². The fourth-order valence-corrected chi connectivity index (χ4v) is 2.49. The van der Waals surface area contributed by atoms with E-state index < -0.39 is 0 Å². The zero-order valence-electron chi connectivity index (χ0n) is 11.2.